The predicted molar refractivity (Wildman–Crippen MR) is 60.7 cm³/mol. The predicted octanol–water partition coefficient (Wildman–Crippen LogP) is 3.00. The van der Waals surface area contributed by atoms with E-state index in [0.717, 1.165) is 26.1 Å². The van der Waals surface area contributed by atoms with E-state index in [9.17, 15) is 0 Å². The molecular weight excluding hydrogens is 202 g/mol. The van der Waals surface area contributed by atoms with Gasteiger partial charge in [-0.1, -0.05) is 19.3 Å². The lowest BCUT2D eigenvalue weighted by atomic mass is 9.81. The van der Waals surface area contributed by atoms with Gasteiger partial charge in [0, 0.05) is 18.8 Å². The molecule has 1 saturated heterocycles. The van der Waals surface area contributed by atoms with Gasteiger partial charge in [0.25, 0.3) is 0 Å². The van der Waals surface area contributed by atoms with Crippen LogP contribution in [0.3, 0.4) is 0 Å². The second-order valence-electron chi connectivity index (χ2n) is 4.86. The average molecular weight is 223 g/mol. The first-order chi connectivity index (χ1) is 7.87. The minimum absolute atomic E-state index is 0.336. The SMILES string of the molecule is N#CCCCC1(C2CCCCC2)OCCO1. The largest absolute Gasteiger partial charge is 0.347 e. The Morgan fingerprint density at radius 3 is 2.44 bits per heavy atom. The van der Waals surface area contributed by atoms with Gasteiger partial charge in [-0.2, -0.15) is 5.26 Å². The lowest BCUT2D eigenvalue weighted by molar-refractivity contribution is -0.206. The highest BCUT2D eigenvalue weighted by Crippen LogP contribution is 2.41. The van der Waals surface area contributed by atoms with Crippen LogP contribution in [0.25, 0.3) is 0 Å². The number of unbranched alkanes of at least 4 members (excludes halogenated alkanes) is 1. The molecule has 2 rings (SSSR count). The van der Waals surface area contributed by atoms with Gasteiger partial charge in [-0.15, -0.1) is 0 Å². The number of nitriles is 1. The van der Waals surface area contributed by atoms with Crippen molar-refractivity contribution in [1.82, 2.24) is 0 Å². The quantitative estimate of drug-likeness (QED) is 0.688. The second-order valence-corrected chi connectivity index (χ2v) is 4.86. The zero-order chi connectivity index (χ0) is 11.3. The molecule has 90 valence electrons. The molecule has 0 amide bonds. The van der Waals surface area contributed by atoms with Crippen LogP contribution in [0.5, 0.6) is 0 Å². The van der Waals surface area contributed by atoms with Crippen molar-refractivity contribution in [3.05, 3.63) is 0 Å². The highest BCUT2D eigenvalue weighted by atomic mass is 16.7. The number of ether oxygens (including phenoxy) is 2. The minimum atomic E-state index is -0.336. The third-order valence-corrected chi connectivity index (χ3v) is 3.82. The van der Waals surface area contributed by atoms with Crippen molar-refractivity contribution in [2.24, 2.45) is 5.92 Å². The Kier molecular flexibility index (Phi) is 4.20. The van der Waals surface area contributed by atoms with Gasteiger partial charge in [0.1, 0.15) is 0 Å². The van der Waals surface area contributed by atoms with Gasteiger partial charge in [0.15, 0.2) is 5.79 Å². The third-order valence-electron chi connectivity index (χ3n) is 3.82. The van der Waals surface area contributed by atoms with E-state index in [1.165, 1.54) is 32.1 Å². The van der Waals surface area contributed by atoms with Crippen LogP contribution in [0, 0.1) is 17.2 Å². The second kappa shape index (κ2) is 5.65. The molecule has 0 aromatic heterocycles. The molecule has 0 aromatic carbocycles. The van der Waals surface area contributed by atoms with Crippen molar-refractivity contribution < 1.29 is 9.47 Å². The van der Waals surface area contributed by atoms with Crippen LogP contribution in [0.1, 0.15) is 51.4 Å². The van der Waals surface area contributed by atoms with Gasteiger partial charge < -0.3 is 9.47 Å². The van der Waals surface area contributed by atoms with Crippen molar-refractivity contribution in [3.8, 4) is 6.07 Å². The van der Waals surface area contributed by atoms with Gasteiger partial charge in [-0.05, 0) is 19.3 Å². The summed E-state index contributed by atoms with van der Waals surface area (Å²) in [7, 11) is 0. The Bertz CT molecular complexity index is 247. The topological polar surface area (TPSA) is 42.2 Å². The van der Waals surface area contributed by atoms with Crippen LogP contribution in [-0.4, -0.2) is 19.0 Å². The summed E-state index contributed by atoms with van der Waals surface area (Å²) in [4.78, 5) is 0. The molecule has 0 atom stereocenters. The number of nitrogens with zero attached hydrogens (tertiary/aromatic N) is 1. The monoisotopic (exact) mass is 223 g/mol. The van der Waals surface area contributed by atoms with Gasteiger partial charge in [0.2, 0.25) is 0 Å². The van der Waals surface area contributed by atoms with E-state index in [1.54, 1.807) is 0 Å². The molecule has 0 unspecified atom stereocenters. The van der Waals surface area contributed by atoms with Crippen LogP contribution in [0.2, 0.25) is 0 Å². The summed E-state index contributed by atoms with van der Waals surface area (Å²) >= 11 is 0. The molecule has 0 aromatic rings. The summed E-state index contributed by atoms with van der Waals surface area (Å²) in [6, 6.07) is 2.20. The third kappa shape index (κ3) is 2.56. The Hall–Kier alpha value is -0.590. The molecule has 0 N–H and O–H groups in total. The summed E-state index contributed by atoms with van der Waals surface area (Å²) < 4.78 is 11.8. The number of hydrogen-bond acceptors (Lipinski definition) is 3. The van der Waals surface area contributed by atoms with Crippen LogP contribution >= 0.6 is 0 Å². The summed E-state index contributed by atoms with van der Waals surface area (Å²) in [5.74, 6) is 0.222. The smallest absolute Gasteiger partial charge is 0.171 e. The Morgan fingerprint density at radius 1 is 1.12 bits per heavy atom. The van der Waals surface area contributed by atoms with Gasteiger partial charge >= 0.3 is 0 Å². The molecule has 2 fully saturated rings. The van der Waals surface area contributed by atoms with Crippen LogP contribution < -0.4 is 0 Å². The fraction of sp³-hybridized carbons (Fsp3) is 0.923. The highest BCUT2D eigenvalue weighted by Gasteiger charge is 2.43. The zero-order valence-electron chi connectivity index (χ0n) is 9.91. The van der Waals surface area contributed by atoms with E-state index in [0.29, 0.717) is 12.3 Å². The van der Waals surface area contributed by atoms with Crippen LogP contribution in [0.15, 0.2) is 0 Å². The first-order valence-electron chi connectivity index (χ1n) is 6.52. The Labute approximate surface area is 97.7 Å². The molecule has 0 radical (unpaired) electrons. The molecule has 1 heterocycles. The van der Waals surface area contributed by atoms with E-state index in [2.05, 4.69) is 6.07 Å². The van der Waals surface area contributed by atoms with Gasteiger partial charge in [-0.25, -0.2) is 0 Å². The lowest BCUT2D eigenvalue weighted by Gasteiger charge is -2.37. The molecular formula is C13H21NO2. The van der Waals surface area contributed by atoms with E-state index >= 15 is 0 Å². The Balaban J connectivity index is 1.94. The van der Waals surface area contributed by atoms with Crippen LogP contribution in [0.4, 0.5) is 0 Å². The molecule has 0 spiro atoms. The average Bonchev–Trinajstić information content (AvgIpc) is 2.81. The first-order valence-corrected chi connectivity index (χ1v) is 6.52. The van der Waals surface area contributed by atoms with Crippen molar-refractivity contribution >= 4 is 0 Å². The highest BCUT2D eigenvalue weighted by molar-refractivity contribution is 4.86. The summed E-state index contributed by atoms with van der Waals surface area (Å²) in [5, 5.41) is 8.60. The molecule has 2 aliphatic rings. The number of rotatable bonds is 4. The molecule has 1 aliphatic carbocycles. The van der Waals surface area contributed by atoms with Gasteiger partial charge in [0.05, 0.1) is 19.3 Å². The van der Waals surface area contributed by atoms with Gasteiger partial charge in [-0.3, -0.25) is 0 Å². The van der Waals surface area contributed by atoms with Crippen molar-refractivity contribution in [1.29, 1.82) is 5.26 Å². The fourth-order valence-corrected chi connectivity index (χ4v) is 3.01. The molecule has 3 nitrogen and oxygen atoms in total. The van der Waals surface area contributed by atoms with Crippen molar-refractivity contribution in [2.75, 3.05) is 13.2 Å². The minimum Gasteiger partial charge on any atom is -0.347 e. The van der Waals surface area contributed by atoms with E-state index < -0.39 is 0 Å². The maximum Gasteiger partial charge on any atom is 0.171 e. The van der Waals surface area contributed by atoms with Crippen molar-refractivity contribution in [3.63, 3.8) is 0 Å². The summed E-state index contributed by atoms with van der Waals surface area (Å²) in [6.45, 7) is 1.45. The fourth-order valence-electron chi connectivity index (χ4n) is 3.01. The van der Waals surface area contributed by atoms with Crippen molar-refractivity contribution in [2.45, 2.75) is 57.2 Å². The number of hydrogen-bond donors (Lipinski definition) is 0. The maximum atomic E-state index is 8.60. The van der Waals surface area contributed by atoms with E-state index in [-0.39, 0.29) is 5.79 Å². The standard InChI is InChI=1S/C13H21NO2/c14-9-5-4-8-13(15-10-11-16-13)12-6-2-1-3-7-12/h12H,1-8,10-11H2. The first kappa shape index (κ1) is 11.9. The normalized spacial score (nSPS) is 25.4. The zero-order valence-corrected chi connectivity index (χ0v) is 9.91. The van der Waals surface area contributed by atoms with E-state index in [1.807, 2.05) is 0 Å². The molecule has 16 heavy (non-hydrogen) atoms. The molecule has 1 saturated carbocycles. The Morgan fingerprint density at radius 2 is 1.81 bits per heavy atom. The summed E-state index contributed by atoms with van der Waals surface area (Å²) in [5.41, 5.74) is 0. The van der Waals surface area contributed by atoms with Crippen LogP contribution in [-0.2, 0) is 9.47 Å². The molecule has 1 aliphatic heterocycles. The molecule has 0 bridgehead atoms. The maximum absolute atomic E-state index is 8.60. The molecule has 3 heteroatoms. The lowest BCUT2D eigenvalue weighted by Crippen LogP contribution is -2.40. The summed E-state index contributed by atoms with van der Waals surface area (Å²) in [6.07, 6.45) is 8.82. The van der Waals surface area contributed by atoms with E-state index in [4.69, 9.17) is 14.7 Å².